The van der Waals surface area contributed by atoms with Crippen LogP contribution in [0.4, 0.5) is 0 Å². The van der Waals surface area contributed by atoms with Crippen molar-refractivity contribution >= 4 is 6.08 Å². The summed E-state index contributed by atoms with van der Waals surface area (Å²) >= 11 is 0. The van der Waals surface area contributed by atoms with E-state index in [1.807, 2.05) is 4.68 Å². The number of aryl methyl sites for hydroxylation is 2. The van der Waals surface area contributed by atoms with Crippen molar-refractivity contribution in [3.63, 3.8) is 0 Å². The maximum absolute atomic E-state index is 4.67. The Kier molecular flexibility index (Phi) is 8.12. The van der Waals surface area contributed by atoms with Crippen LogP contribution in [-0.2, 0) is 0 Å². The number of benzene rings is 4. The summed E-state index contributed by atoms with van der Waals surface area (Å²) in [4.78, 5) is 5.05. The van der Waals surface area contributed by atoms with Crippen molar-refractivity contribution in [3.8, 4) is 16.8 Å². The minimum atomic E-state index is -0.0744. The smallest absolute Gasteiger partial charge is 0.178 e. The largest absolute Gasteiger partial charge is 0.297 e. The fourth-order valence-electron chi connectivity index (χ4n) is 5.81. The predicted octanol–water partition coefficient (Wildman–Crippen LogP) is 6.37. The average Bonchev–Trinajstić information content (AvgIpc) is 3.48. The van der Waals surface area contributed by atoms with Gasteiger partial charge in [-0.15, -0.1) is 5.10 Å². The molecule has 1 aliphatic heterocycles. The second-order valence-corrected chi connectivity index (χ2v) is 10.7. The van der Waals surface area contributed by atoms with Gasteiger partial charge in [0.2, 0.25) is 0 Å². The van der Waals surface area contributed by atoms with Crippen molar-refractivity contribution in [2.75, 3.05) is 32.7 Å². The predicted molar refractivity (Wildman–Crippen MR) is 166 cm³/mol. The molecule has 2 heterocycles. The van der Waals surface area contributed by atoms with Gasteiger partial charge < -0.3 is 0 Å². The monoisotopic (exact) mass is 540 g/mol. The van der Waals surface area contributed by atoms with E-state index >= 15 is 0 Å². The van der Waals surface area contributed by atoms with Crippen molar-refractivity contribution < 1.29 is 0 Å². The van der Waals surface area contributed by atoms with Crippen LogP contribution in [0.15, 0.2) is 109 Å². The number of para-hydroxylation sites is 1. The highest BCUT2D eigenvalue weighted by Gasteiger charge is 2.31. The van der Waals surface area contributed by atoms with Gasteiger partial charge in [0.15, 0.2) is 5.82 Å². The molecule has 0 radical (unpaired) electrons. The first-order valence-electron chi connectivity index (χ1n) is 14.4. The van der Waals surface area contributed by atoms with E-state index in [4.69, 9.17) is 0 Å². The van der Waals surface area contributed by atoms with E-state index in [1.54, 1.807) is 0 Å². The normalized spacial score (nSPS) is 15.4. The van der Waals surface area contributed by atoms with Gasteiger partial charge >= 0.3 is 0 Å². The quantitative estimate of drug-likeness (QED) is 0.229. The van der Waals surface area contributed by atoms with Crippen LogP contribution in [0.25, 0.3) is 22.9 Å². The molecule has 6 rings (SSSR count). The van der Waals surface area contributed by atoms with Gasteiger partial charge in [0.1, 0.15) is 0 Å². The first kappa shape index (κ1) is 26.8. The molecule has 0 N–H and O–H groups in total. The summed E-state index contributed by atoms with van der Waals surface area (Å²) in [5.41, 5.74) is 8.22. The Morgan fingerprint density at radius 3 is 2.12 bits per heavy atom. The van der Waals surface area contributed by atoms with Gasteiger partial charge in [-0.05, 0) is 63.7 Å². The molecule has 4 aromatic carbocycles. The third-order valence-corrected chi connectivity index (χ3v) is 7.94. The molecule has 0 amide bonds. The van der Waals surface area contributed by atoms with Crippen LogP contribution in [0.1, 0.15) is 34.1 Å². The molecule has 6 nitrogen and oxygen atoms in total. The number of tetrazole rings is 1. The summed E-state index contributed by atoms with van der Waals surface area (Å²) in [6.45, 7) is 9.02. The second-order valence-electron chi connectivity index (χ2n) is 10.7. The summed E-state index contributed by atoms with van der Waals surface area (Å²) in [6.07, 6.45) is 4.48. The molecule has 1 saturated heterocycles. The van der Waals surface area contributed by atoms with Crippen LogP contribution >= 0.6 is 0 Å². The molecule has 0 saturated carbocycles. The molecule has 1 unspecified atom stereocenters. The van der Waals surface area contributed by atoms with Gasteiger partial charge in [0, 0.05) is 32.7 Å². The minimum Gasteiger partial charge on any atom is -0.297 e. The molecule has 0 spiro atoms. The van der Waals surface area contributed by atoms with Gasteiger partial charge in [-0.1, -0.05) is 109 Å². The van der Waals surface area contributed by atoms with Crippen molar-refractivity contribution in [2.45, 2.75) is 19.9 Å². The van der Waals surface area contributed by atoms with Gasteiger partial charge in [0.25, 0.3) is 0 Å². The highest BCUT2D eigenvalue weighted by Crippen LogP contribution is 2.33. The molecule has 0 aliphatic carbocycles. The lowest BCUT2D eigenvalue weighted by molar-refractivity contribution is 0.113. The molecular formula is C35H36N6. The van der Waals surface area contributed by atoms with Crippen LogP contribution < -0.4 is 0 Å². The molecule has 6 heteroatoms. The number of nitrogens with zero attached hydrogens (tertiary/aromatic N) is 6. The molecular weight excluding hydrogens is 504 g/mol. The molecule has 1 aromatic heterocycles. The van der Waals surface area contributed by atoms with E-state index in [2.05, 4.69) is 154 Å². The van der Waals surface area contributed by atoms with E-state index < -0.39 is 0 Å². The van der Waals surface area contributed by atoms with E-state index in [0.29, 0.717) is 0 Å². The van der Waals surface area contributed by atoms with E-state index in [-0.39, 0.29) is 6.04 Å². The maximum atomic E-state index is 4.67. The Morgan fingerprint density at radius 2 is 1.39 bits per heavy atom. The first-order chi connectivity index (χ1) is 20.2. The summed E-state index contributed by atoms with van der Waals surface area (Å²) in [6, 6.07) is 36.2. The van der Waals surface area contributed by atoms with Crippen LogP contribution in [0.5, 0.6) is 0 Å². The SMILES string of the molecule is Cc1cccc(C)c1-n1nnnc1C(c1cccc(-c2ccccc2)c1)N1CCN(CC=Cc2ccccc2)CC1. The van der Waals surface area contributed by atoms with Crippen molar-refractivity contribution in [1.82, 2.24) is 30.0 Å². The topological polar surface area (TPSA) is 50.1 Å². The van der Waals surface area contributed by atoms with Gasteiger partial charge in [0.05, 0.1) is 11.7 Å². The first-order valence-corrected chi connectivity index (χ1v) is 14.4. The zero-order valence-electron chi connectivity index (χ0n) is 23.8. The van der Waals surface area contributed by atoms with Crippen LogP contribution in [0, 0.1) is 13.8 Å². The number of piperazine rings is 1. The molecule has 5 aromatic rings. The van der Waals surface area contributed by atoms with E-state index in [1.165, 1.54) is 22.3 Å². The zero-order valence-corrected chi connectivity index (χ0v) is 23.8. The third kappa shape index (κ3) is 6.04. The minimum absolute atomic E-state index is 0.0744. The molecule has 1 atom stereocenters. The highest BCUT2D eigenvalue weighted by molar-refractivity contribution is 5.64. The summed E-state index contributed by atoms with van der Waals surface area (Å²) in [5, 5.41) is 13.4. The van der Waals surface area contributed by atoms with Crippen molar-refractivity contribution in [2.24, 2.45) is 0 Å². The van der Waals surface area contributed by atoms with Gasteiger partial charge in [-0.3, -0.25) is 9.80 Å². The lowest BCUT2D eigenvalue weighted by atomic mass is 9.97. The Bertz CT molecular complexity index is 1580. The Balaban J connectivity index is 1.31. The van der Waals surface area contributed by atoms with Gasteiger partial charge in [-0.25, -0.2) is 0 Å². The summed E-state index contributed by atoms with van der Waals surface area (Å²) in [7, 11) is 0. The maximum Gasteiger partial charge on any atom is 0.178 e. The lowest BCUT2D eigenvalue weighted by Crippen LogP contribution is -2.48. The van der Waals surface area contributed by atoms with Gasteiger partial charge in [-0.2, -0.15) is 4.68 Å². The Labute approximate surface area is 242 Å². The molecule has 41 heavy (non-hydrogen) atoms. The standard InChI is InChI=1S/C35H36N6/c1-27-12-9-13-28(2)33(27)41-35(36-37-38-41)34(32-20-10-19-31(26-32)30-17-7-4-8-18-30)40-24-22-39(23-25-40)21-11-16-29-14-5-3-6-15-29/h3-20,26,34H,21-25H2,1-2H3. The van der Waals surface area contributed by atoms with Crippen LogP contribution in [-0.4, -0.2) is 62.7 Å². The number of rotatable bonds is 8. The number of aromatic nitrogens is 4. The van der Waals surface area contributed by atoms with Crippen molar-refractivity contribution in [3.05, 3.63) is 137 Å². The van der Waals surface area contributed by atoms with Crippen LogP contribution in [0.2, 0.25) is 0 Å². The van der Waals surface area contributed by atoms with E-state index in [9.17, 15) is 0 Å². The van der Waals surface area contributed by atoms with E-state index in [0.717, 1.165) is 55.4 Å². The Morgan fingerprint density at radius 1 is 0.732 bits per heavy atom. The fraction of sp³-hybridized carbons (Fsp3) is 0.229. The molecule has 0 bridgehead atoms. The molecule has 206 valence electrons. The number of hydrogen-bond donors (Lipinski definition) is 0. The highest BCUT2D eigenvalue weighted by atomic mass is 15.6. The molecule has 1 aliphatic rings. The Hall–Kier alpha value is -4.39. The van der Waals surface area contributed by atoms with Crippen molar-refractivity contribution in [1.29, 1.82) is 0 Å². The summed E-state index contributed by atoms with van der Waals surface area (Å²) < 4.78 is 1.96. The number of hydrogen-bond acceptors (Lipinski definition) is 5. The molecule has 1 fully saturated rings. The fourth-order valence-corrected chi connectivity index (χ4v) is 5.81. The average molecular weight is 541 g/mol. The van der Waals surface area contributed by atoms with Crippen LogP contribution in [0.3, 0.4) is 0 Å². The lowest BCUT2D eigenvalue weighted by Gasteiger charge is -2.38. The summed E-state index contributed by atoms with van der Waals surface area (Å²) in [5.74, 6) is 0.852. The second kappa shape index (κ2) is 12.4. The third-order valence-electron chi connectivity index (χ3n) is 7.94. The zero-order chi connectivity index (χ0) is 28.0.